The molecule has 2 heterocycles. The normalized spacial score (nSPS) is 17.9. The van der Waals surface area contributed by atoms with Crippen LogP contribution < -0.4 is 5.32 Å². The van der Waals surface area contributed by atoms with Gasteiger partial charge in [0, 0.05) is 31.2 Å². The summed E-state index contributed by atoms with van der Waals surface area (Å²) in [5.74, 6) is 0.903. The molecule has 0 unspecified atom stereocenters. The molecular formula is C22H25ClN4. The van der Waals surface area contributed by atoms with Crippen LogP contribution in [0.5, 0.6) is 0 Å². The van der Waals surface area contributed by atoms with Crippen molar-refractivity contribution in [3.63, 3.8) is 0 Å². The van der Waals surface area contributed by atoms with E-state index < -0.39 is 0 Å². The lowest BCUT2D eigenvalue weighted by Gasteiger charge is -2.32. The van der Waals surface area contributed by atoms with E-state index in [-0.39, 0.29) is 0 Å². The largest absolute Gasteiger partial charge is 0.367 e. The number of halogens is 1. The molecule has 5 heteroatoms. The number of aromatic nitrogens is 1. The first-order valence-corrected chi connectivity index (χ1v) is 10.3. The van der Waals surface area contributed by atoms with Crippen molar-refractivity contribution in [2.45, 2.75) is 57.7 Å². The lowest BCUT2D eigenvalue weighted by molar-refractivity contribution is 0.245. The van der Waals surface area contributed by atoms with Gasteiger partial charge in [0.25, 0.3) is 0 Å². The predicted octanol–water partition coefficient (Wildman–Crippen LogP) is 4.91. The highest BCUT2D eigenvalue weighted by Crippen LogP contribution is 2.33. The highest BCUT2D eigenvalue weighted by atomic mass is 35.5. The molecule has 1 aromatic carbocycles. The monoisotopic (exact) mass is 380 g/mol. The molecule has 4 nitrogen and oxygen atoms in total. The minimum atomic E-state index is 0.330. The molecule has 1 aromatic heterocycles. The van der Waals surface area contributed by atoms with E-state index in [1.165, 1.54) is 43.2 Å². The van der Waals surface area contributed by atoms with Gasteiger partial charge in [-0.15, -0.1) is 0 Å². The number of fused-ring (bicyclic) bond motifs is 1. The molecule has 140 valence electrons. The Labute approximate surface area is 166 Å². The van der Waals surface area contributed by atoms with Crippen LogP contribution in [0.25, 0.3) is 0 Å². The molecule has 0 spiro atoms. The summed E-state index contributed by atoms with van der Waals surface area (Å²) in [7, 11) is 0. The summed E-state index contributed by atoms with van der Waals surface area (Å²) in [6.07, 6.45) is 7.15. The lowest BCUT2D eigenvalue weighted by Crippen LogP contribution is -2.32. The van der Waals surface area contributed by atoms with Crippen molar-refractivity contribution in [3.05, 3.63) is 57.7 Å². The molecule has 0 atom stereocenters. The molecule has 27 heavy (non-hydrogen) atoms. The molecule has 1 saturated carbocycles. The number of nitriles is 1. The standard InChI is InChI=1S/C22H25ClN4/c23-21-19(13-24)20-15-27(14-16-7-3-1-4-8-16)12-11-18(20)22(26-21)25-17-9-5-2-6-10-17/h1,3-4,7-8,17H,2,5-6,9-12,14-15H2,(H,25,26). The Hall–Kier alpha value is -2.09. The van der Waals surface area contributed by atoms with Crippen molar-refractivity contribution in [1.29, 1.82) is 5.26 Å². The number of benzene rings is 1. The Morgan fingerprint density at radius 2 is 1.93 bits per heavy atom. The van der Waals surface area contributed by atoms with Gasteiger partial charge in [-0.05, 0) is 30.4 Å². The lowest BCUT2D eigenvalue weighted by atomic mass is 9.93. The van der Waals surface area contributed by atoms with Crippen LogP contribution in [-0.2, 0) is 19.5 Å². The summed E-state index contributed by atoms with van der Waals surface area (Å²) in [4.78, 5) is 6.96. The van der Waals surface area contributed by atoms with Gasteiger partial charge in [-0.25, -0.2) is 4.98 Å². The second-order valence-corrected chi connectivity index (χ2v) is 7.98. The van der Waals surface area contributed by atoms with Crippen LogP contribution >= 0.6 is 11.6 Å². The molecular weight excluding hydrogens is 356 g/mol. The van der Waals surface area contributed by atoms with Crippen LogP contribution in [-0.4, -0.2) is 22.5 Å². The second kappa shape index (κ2) is 8.29. The number of rotatable bonds is 4. The van der Waals surface area contributed by atoms with E-state index in [9.17, 15) is 5.26 Å². The zero-order chi connectivity index (χ0) is 18.6. The van der Waals surface area contributed by atoms with Crippen LogP contribution in [0.3, 0.4) is 0 Å². The van der Waals surface area contributed by atoms with Crippen LogP contribution in [0.4, 0.5) is 5.82 Å². The zero-order valence-corrected chi connectivity index (χ0v) is 16.3. The summed E-state index contributed by atoms with van der Waals surface area (Å²) in [6, 6.07) is 13.2. The summed E-state index contributed by atoms with van der Waals surface area (Å²) in [5.41, 5.74) is 4.07. The van der Waals surface area contributed by atoms with Gasteiger partial charge in [0.2, 0.25) is 0 Å². The van der Waals surface area contributed by atoms with Gasteiger partial charge < -0.3 is 5.32 Å². The molecule has 2 aliphatic rings. The molecule has 1 N–H and O–H groups in total. The molecule has 4 rings (SSSR count). The Kier molecular flexibility index (Phi) is 5.61. The fourth-order valence-corrected chi connectivity index (χ4v) is 4.55. The van der Waals surface area contributed by atoms with Crippen LogP contribution in [0, 0.1) is 11.3 Å². The topological polar surface area (TPSA) is 52.0 Å². The molecule has 1 aliphatic heterocycles. The second-order valence-electron chi connectivity index (χ2n) is 7.62. The maximum atomic E-state index is 9.65. The Balaban J connectivity index is 1.59. The van der Waals surface area contributed by atoms with Crippen LogP contribution in [0.2, 0.25) is 5.15 Å². The molecule has 0 radical (unpaired) electrons. The van der Waals surface area contributed by atoms with Crippen LogP contribution in [0.1, 0.15) is 54.4 Å². The molecule has 0 bridgehead atoms. The van der Waals surface area contributed by atoms with Gasteiger partial charge >= 0.3 is 0 Å². The molecule has 2 aromatic rings. The van der Waals surface area contributed by atoms with E-state index in [0.29, 0.717) is 16.8 Å². The SMILES string of the molecule is N#Cc1c(Cl)nc(NC2CCCCC2)c2c1CN(Cc1ccccc1)CC2. The average Bonchev–Trinajstić information content (AvgIpc) is 2.70. The first-order valence-electron chi connectivity index (χ1n) is 9.89. The third-order valence-electron chi connectivity index (χ3n) is 5.73. The maximum absolute atomic E-state index is 9.65. The summed E-state index contributed by atoms with van der Waals surface area (Å²) in [6.45, 7) is 2.60. The third-order valence-corrected chi connectivity index (χ3v) is 6.01. The van der Waals surface area contributed by atoms with Crippen molar-refractivity contribution < 1.29 is 0 Å². The molecule has 0 saturated heterocycles. The highest BCUT2D eigenvalue weighted by Gasteiger charge is 2.26. The van der Waals surface area contributed by atoms with Crippen molar-refractivity contribution >= 4 is 17.4 Å². The summed E-state index contributed by atoms with van der Waals surface area (Å²) < 4.78 is 0. The average molecular weight is 381 g/mol. The van der Waals surface area contributed by atoms with Gasteiger partial charge in [0.15, 0.2) is 0 Å². The number of anilines is 1. The predicted molar refractivity (Wildman–Crippen MR) is 109 cm³/mol. The number of hydrogen-bond acceptors (Lipinski definition) is 4. The Bertz CT molecular complexity index is 838. The highest BCUT2D eigenvalue weighted by molar-refractivity contribution is 6.30. The van der Waals surface area contributed by atoms with Crippen molar-refractivity contribution in [1.82, 2.24) is 9.88 Å². The smallest absolute Gasteiger partial charge is 0.149 e. The van der Waals surface area contributed by atoms with Gasteiger partial charge in [-0.2, -0.15) is 5.26 Å². The van der Waals surface area contributed by atoms with Gasteiger partial charge in [0.1, 0.15) is 17.0 Å². The van der Waals surface area contributed by atoms with Gasteiger partial charge in [-0.3, -0.25) is 4.90 Å². The minimum Gasteiger partial charge on any atom is -0.367 e. The number of nitrogens with zero attached hydrogens (tertiary/aromatic N) is 3. The minimum absolute atomic E-state index is 0.330. The van der Waals surface area contributed by atoms with Gasteiger partial charge in [0.05, 0.1) is 5.56 Å². The zero-order valence-electron chi connectivity index (χ0n) is 15.5. The van der Waals surface area contributed by atoms with Crippen molar-refractivity contribution in [2.75, 3.05) is 11.9 Å². The summed E-state index contributed by atoms with van der Waals surface area (Å²) >= 11 is 6.40. The van der Waals surface area contributed by atoms with Crippen molar-refractivity contribution in [3.8, 4) is 6.07 Å². The Morgan fingerprint density at radius 1 is 1.15 bits per heavy atom. The first-order chi connectivity index (χ1) is 13.2. The van der Waals surface area contributed by atoms with E-state index >= 15 is 0 Å². The maximum Gasteiger partial charge on any atom is 0.149 e. The van der Waals surface area contributed by atoms with E-state index in [0.717, 1.165) is 37.4 Å². The van der Waals surface area contributed by atoms with E-state index in [1.54, 1.807) is 0 Å². The van der Waals surface area contributed by atoms with E-state index in [2.05, 4.69) is 45.5 Å². The number of hydrogen-bond donors (Lipinski definition) is 1. The van der Waals surface area contributed by atoms with Crippen molar-refractivity contribution in [2.24, 2.45) is 0 Å². The molecule has 0 amide bonds. The van der Waals surface area contributed by atoms with Crippen LogP contribution in [0.15, 0.2) is 30.3 Å². The Morgan fingerprint density at radius 3 is 2.67 bits per heavy atom. The fourth-order valence-electron chi connectivity index (χ4n) is 4.31. The number of nitrogens with one attached hydrogen (secondary N) is 1. The van der Waals surface area contributed by atoms with E-state index in [4.69, 9.17) is 11.6 Å². The summed E-state index contributed by atoms with van der Waals surface area (Å²) in [5, 5.41) is 13.6. The first kappa shape index (κ1) is 18.3. The number of pyridine rings is 1. The van der Waals surface area contributed by atoms with E-state index in [1.807, 2.05) is 6.07 Å². The van der Waals surface area contributed by atoms with Gasteiger partial charge in [-0.1, -0.05) is 61.2 Å². The quantitative estimate of drug-likeness (QED) is 0.765. The third kappa shape index (κ3) is 4.10. The molecule has 1 aliphatic carbocycles. The molecule has 1 fully saturated rings. The fraction of sp³-hybridized carbons (Fsp3) is 0.455.